The minimum atomic E-state index is -0.982. The molecule has 2 aromatic rings. The van der Waals surface area contributed by atoms with Gasteiger partial charge in [-0.1, -0.05) is 23.4 Å². The third-order valence-corrected chi connectivity index (χ3v) is 2.73. The van der Waals surface area contributed by atoms with Crippen LogP contribution in [0.15, 0.2) is 36.5 Å². The number of para-hydroxylation sites is 1. The maximum Gasteiger partial charge on any atom is 0.309 e. The summed E-state index contributed by atoms with van der Waals surface area (Å²) in [5.74, 6) is -1.15. The highest BCUT2D eigenvalue weighted by atomic mass is 16.4. The van der Waals surface area contributed by atoms with Crippen molar-refractivity contribution in [3.63, 3.8) is 0 Å². The first kappa shape index (κ1) is 13.7. The number of hydrogen-bond donors (Lipinski definition) is 1. The molecule has 1 aromatic heterocycles. The molecule has 0 unspecified atom stereocenters. The van der Waals surface area contributed by atoms with E-state index in [1.165, 1.54) is 15.8 Å². The summed E-state index contributed by atoms with van der Waals surface area (Å²) >= 11 is 0. The van der Waals surface area contributed by atoms with E-state index in [9.17, 15) is 9.59 Å². The minimum absolute atomic E-state index is 0.0119. The molecular weight excluding hydrogens is 260 g/mol. The number of carboxylic acid groups (broad SMARTS) is 1. The Kier molecular flexibility index (Phi) is 4.09. The molecule has 0 aliphatic carbocycles. The number of hydrogen-bond acceptors (Lipinski definition) is 4. The van der Waals surface area contributed by atoms with Gasteiger partial charge in [-0.3, -0.25) is 9.59 Å². The first-order valence-electron chi connectivity index (χ1n) is 5.98. The molecule has 1 amide bonds. The molecule has 0 bridgehead atoms. The second-order valence-electron chi connectivity index (χ2n) is 4.27. The van der Waals surface area contributed by atoms with Gasteiger partial charge in [0, 0.05) is 18.9 Å². The number of aliphatic carboxylic acids is 1. The third kappa shape index (κ3) is 3.41. The quantitative estimate of drug-likeness (QED) is 0.861. The average Bonchev–Trinajstić information content (AvgIpc) is 2.85. The zero-order chi connectivity index (χ0) is 14.5. The van der Waals surface area contributed by atoms with Crippen LogP contribution in [-0.2, 0) is 22.6 Å². The van der Waals surface area contributed by atoms with E-state index in [4.69, 9.17) is 5.11 Å². The zero-order valence-corrected chi connectivity index (χ0v) is 10.9. The average molecular weight is 274 g/mol. The van der Waals surface area contributed by atoms with Gasteiger partial charge in [0.15, 0.2) is 0 Å². The maximum atomic E-state index is 12.1. The summed E-state index contributed by atoms with van der Waals surface area (Å²) in [4.78, 5) is 24.1. The van der Waals surface area contributed by atoms with Gasteiger partial charge in [0.2, 0.25) is 5.91 Å². The van der Waals surface area contributed by atoms with Crippen molar-refractivity contribution < 1.29 is 14.7 Å². The molecule has 0 spiro atoms. The summed E-state index contributed by atoms with van der Waals surface area (Å²) in [6.45, 7) is 0.0119. The SMILES string of the molecule is CN(C(=O)Cn1cc(CC(=O)O)nn1)c1ccccc1. The Morgan fingerprint density at radius 2 is 2.00 bits per heavy atom. The van der Waals surface area contributed by atoms with E-state index in [2.05, 4.69) is 10.3 Å². The number of rotatable bonds is 5. The van der Waals surface area contributed by atoms with Crippen LogP contribution in [0.1, 0.15) is 5.69 Å². The number of carbonyl (C=O) groups is 2. The van der Waals surface area contributed by atoms with E-state index in [1.807, 2.05) is 30.3 Å². The van der Waals surface area contributed by atoms with Crippen LogP contribution in [0, 0.1) is 0 Å². The molecule has 2 rings (SSSR count). The van der Waals surface area contributed by atoms with Gasteiger partial charge in [0.05, 0.1) is 12.1 Å². The lowest BCUT2D eigenvalue weighted by atomic mass is 10.3. The molecule has 7 nitrogen and oxygen atoms in total. The Balaban J connectivity index is 2.01. The second-order valence-corrected chi connectivity index (χ2v) is 4.27. The van der Waals surface area contributed by atoms with Gasteiger partial charge < -0.3 is 10.0 Å². The highest BCUT2D eigenvalue weighted by Crippen LogP contribution is 2.11. The monoisotopic (exact) mass is 274 g/mol. The van der Waals surface area contributed by atoms with Crippen LogP contribution in [0.2, 0.25) is 0 Å². The van der Waals surface area contributed by atoms with Crippen LogP contribution in [0.25, 0.3) is 0 Å². The number of nitrogens with zero attached hydrogens (tertiary/aromatic N) is 4. The van der Waals surface area contributed by atoms with Crippen LogP contribution in [0.4, 0.5) is 5.69 Å². The number of carbonyl (C=O) groups excluding carboxylic acids is 1. The number of anilines is 1. The smallest absolute Gasteiger partial charge is 0.309 e. The van der Waals surface area contributed by atoms with Gasteiger partial charge in [0.25, 0.3) is 0 Å². The van der Waals surface area contributed by atoms with Gasteiger partial charge in [-0.15, -0.1) is 5.10 Å². The predicted molar refractivity (Wildman–Crippen MR) is 71.2 cm³/mol. The largest absolute Gasteiger partial charge is 0.481 e. The van der Waals surface area contributed by atoms with Gasteiger partial charge >= 0.3 is 5.97 Å². The van der Waals surface area contributed by atoms with Gasteiger partial charge in [-0.2, -0.15) is 0 Å². The highest BCUT2D eigenvalue weighted by molar-refractivity contribution is 5.92. The fraction of sp³-hybridized carbons (Fsp3) is 0.231. The van der Waals surface area contributed by atoms with Crippen molar-refractivity contribution in [2.24, 2.45) is 0 Å². The van der Waals surface area contributed by atoms with Crippen molar-refractivity contribution in [1.82, 2.24) is 15.0 Å². The molecule has 0 aliphatic rings. The summed E-state index contributed by atoms with van der Waals surface area (Å²) < 4.78 is 1.33. The molecule has 1 aromatic carbocycles. The molecule has 104 valence electrons. The van der Waals surface area contributed by atoms with E-state index in [0.717, 1.165) is 5.69 Å². The summed E-state index contributed by atoms with van der Waals surface area (Å²) in [6, 6.07) is 9.22. The second kappa shape index (κ2) is 5.96. The van der Waals surface area contributed by atoms with Gasteiger partial charge in [-0.25, -0.2) is 4.68 Å². The molecule has 1 N–H and O–H groups in total. The van der Waals surface area contributed by atoms with Crippen molar-refractivity contribution >= 4 is 17.6 Å². The first-order chi connectivity index (χ1) is 9.56. The molecule has 7 heteroatoms. The molecule has 0 aliphatic heterocycles. The number of amides is 1. The molecule has 0 saturated carbocycles. The van der Waals surface area contributed by atoms with E-state index >= 15 is 0 Å². The van der Waals surface area contributed by atoms with Crippen LogP contribution >= 0.6 is 0 Å². The van der Waals surface area contributed by atoms with Crippen LogP contribution in [0.5, 0.6) is 0 Å². The molecule has 0 radical (unpaired) electrons. The Bertz CT molecular complexity index is 609. The Labute approximate surface area is 115 Å². The van der Waals surface area contributed by atoms with Crippen LogP contribution in [0.3, 0.4) is 0 Å². The first-order valence-corrected chi connectivity index (χ1v) is 5.98. The highest BCUT2D eigenvalue weighted by Gasteiger charge is 2.13. The summed E-state index contributed by atoms with van der Waals surface area (Å²) in [6.07, 6.45) is 1.26. The van der Waals surface area contributed by atoms with E-state index < -0.39 is 5.97 Å². The van der Waals surface area contributed by atoms with Gasteiger partial charge in [-0.05, 0) is 12.1 Å². The number of benzene rings is 1. The lowest BCUT2D eigenvalue weighted by Gasteiger charge is -2.16. The van der Waals surface area contributed by atoms with E-state index in [-0.39, 0.29) is 18.9 Å². The standard InChI is InChI=1S/C13H14N4O3/c1-16(11-5-3-2-4-6-11)12(18)9-17-8-10(14-15-17)7-13(19)20/h2-6,8H,7,9H2,1H3,(H,19,20). The fourth-order valence-corrected chi connectivity index (χ4v) is 1.69. The van der Waals surface area contributed by atoms with E-state index in [0.29, 0.717) is 5.69 Å². The Morgan fingerprint density at radius 1 is 1.30 bits per heavy atom. The van der Waals surface area contributed by atoms with Crippen LogP contribution in [-0.4, -0.2) is 39.0 Å². The van der Waals surface area contributed by atoms with Crippen molar-refractivity contribution in [2.75, 3.05) is 11.9 Å². The molecule has 1 heterocycles. The summed E-state index contributed by atoms with van der Waals surface area (Å²) in [7, 11) is 1.67. The van der Waals surface area contributed by atoms with Crippen molar-refractivity contribution in [3.8, 4) is 0 Å². The van der Waals surface area contributed by atoms with Crippen molar-refractivity contribution in [1.29, 1.82) is 0 Å². The fourth-order valence-electron chi connectivity index (χ4n) is 1.69. The maximum absolute atomic E-state index is 12.1. The lowest BCUT2D eigenvalue weighted by molar-refractivity contribution is -0.136. The number of aromatic nitrogens is 3. The van der Waals surface area contributed by atoms with Crippen molar-refractivity contribution in [2.45, 2.75) is 13.0 Å². The summed E-state index contributed by atoms with van der Waals surface area (Å²) in [5, 5.41) is 16.1. The summed E-state index contributed by atoms with van der Waals surface area (Å²) in [5.41, 5.74) is 1.11. The molecule has 0 fully saturated rings. The minimum Gasteiger partial charge on any atom is -0.481 e. The predicted octanol–water partition coefficient (Wildman–Crippen LogP) is 0.568. The van der Waals surface area contributed by atoms with E-state index in [1.54, 1.807) is 7.05 Å². The Morgan fingerprint density at radius 3 is 2.65 bits per heavy atom. The molecule has 0 saturated heterocycles. The van der Waals surface area contributed by atoms with Gasteiger partial charge in [0.1, 0.15) is 6.54 Å². The Hall–Kier alpha value is -2.70. The normalized spacial score (nSPS) is 10.2. The lowest BCUT2D eigenvalue weighted by Crippen LogP contribution is -2.30. The van der Waals surface area contributed by atoms with Crippen LogP contribution < -0.4 is 4.90 Å². The third-order valence-electron chi connectivity index (χ3n) is 2.73. The molecule has 0 atom stereocenters. The molecule has 20 heavy (non-hydrogen) atoms. The number of likely N-dealkylation sites (N-methyl/N-ethyl adjacent to an activating group) is 1. The van der Waals surface area contributed by atoms with Crippen molar-refractivity contribution in [3.05, 3.63) is 42.2 Å². The zero-order valence-electron chi connectivity index (χ0n) is 10.9. The number of carboxylic acids is 1. The molecular formula is C13H14N4O3. The topological polar surface area (TPSA) is 88.3 Å².